The summed E-state index contributed by atoms with van der Waals surface area (Å²) in [5.74, 6) is -0.270. The highest BCUT2D eigenvalue weighted by atomic mass is 19.1. The maximum Gasteiger partial charge on any atom is 0.340 e. The van der Waals surface area contributed by atoms with Crippen LogP contribution in [0.15, 0.2) is 12.1 Å². The Balaban J connectivity index is 2.33. The number of carbonyl (C=O) groups is 1. The molecule has 1 aromatic carbocycles. The van der Waals surface area contributed by atoms with E-state index in [1.165, 1.54) is 19.2 Å². The zero-order chi connectivity index (χ0) is 14.7. The molecule has 1 fully saturated rings. The largest absolute Gasteiger partial charge is 0.465 e. The number of methoxy groups -OCH3 is 1. The third-order valence-electron chi connectivity index (χ3n) is 3.88. The van der Waals surface area contributed by atoms with E-state index in [0.717, 1.165) is 32.4 Å². The highest BCUT2D eigenvalue weighted by Gasteiger charge is 2.20. The van der Waals surface area contributed by atoms with Crippen LogP contribution in [0.4, 0.5) is 15.8 Å². The second-order valence-electron chi connectivity index (χ2n) is 5.41. The van der Waals surface area contributed by atoms with Crippen LogP contribution >= 0.6 is 0 Å². The molecule has 1 unspecified atom stereocenters. The van der Waals surface area contributed by atoms with Gasteiger partial charge in [-0.1, -0.05) is 6.92 Å². The summed E-state index contributed by atoms with van der Waals surface area (Å²) in [5, 5.41) is 0. The van der Waals surface area contributed by atoms with Crippen LogP contribution in [-0.4, -0.2) is 26.2 Å². The van der Waals surface area contributed by atoms with Gasteiger partial charge in [-0.2, -0.15) is 0 Å². The number of anilines is 2. The number of halogens is 1. The predicted octanol–water partition coefficient (Wildman–Crippen LogP) is 2.82. The molecule has 1 atom stereocenters. The van der Waals surface area contributed by atoms with Gasteiger partial charge >= 0.3 is 5.97 Å². The monoisotopic (exact) mass is 280 g/mol. The van der Waals surface area contributed by atoms with Crippen molar-refractivity contribution >= 4 is 17.3 Å². The van der Waals surface area contributed by atoms with Crippen molar-refractivity contribution in [2.24, 2.45) is 5.92 Å². The van der Waals surface area contributed by atoms with E-state index in [1.54, 1.807) is 0 Å². The van der Waals surface area contributed by atoms with Crippen molar-refractivity contribution in [1.29, 1.82) is 0 Å². The molecular formula is C15H21FN2O2. The van der Waals surface area contributed by atoms with Crippen LogP contribution in [0.1, 0.15) is 36.5 Å². The predicted molar refractivity (Wildman–Crippen MR) is 77.4 cm³/mol. The fourth-order valence-corrected chi connectivity index (χ4v) is 2.61. The summed E-state index contributed by atoms with van der Waals surface area (Å²) in [6.07, 6.45) is 3.20. The Morgan fingerprint density at radius 2 is 2.15 bits per heavy atom. The van der Waals surface area contributed by atoms with Crippen LogP contribution in [0, 0.1) is 11.7 Å². The van der Waals surface area contributed by atoms with Crippen LogP contribution in [0.3, 0.4) is 0 Å². The van der Waals surface area contributed by atoms with Gasteiger partial charge in [0.2, 0.25) is 0 Å². The molecule has 0 aliphatic carbocycles. The van der Waals surface area contributed by atoms with Gasteiger partial charge in [0.05, 0.1) is 18.4 Å². The number of hydrogen-bond donors (Lipinski definition) is 1. The topological polar surface area (TPSA) is 55.6 Å². The molecule has 0 amide bonds. The van der Waals surface area contributed by atoms with Crippen molar-refractivity contribution in [3.63, 3.8) is 0 Å². The number of nitrogens with two attached hydrogens (primary N) is 1. The summed E-state index contributed by atoms with van der Waals surface area (Å²) in [7, 11) is 1.29. The number of nitrogen functional groups attached to an aromatic ring is 1. The normalized spacial score (nSPS) is 19.6. The molecule has 0 bridgehead atoms. The second-order valence-corrected chi connectivity index (χ2v) is 5.41. The van der Waals surface area contributed by atoms with E-state index >= 15 is 0 Å². The first kappa shape index (κ1) is 14.6. The van der Waals surface area contributed by atoms with E-state index in [2.05, 4.69) is 11.7 Å². The van der Waals surface area contributed by atoms with Gasteiger partial charge in [0.25, 0.3) is 0 Å². The minimum Gasteiger partial charge on any atom is -0.465 e. The first-order valence-corrected chi connectivity index (χ1v) is 6.95. The average molecular weight is 280 g/mol. The van der Waals surface area contributed by atoms with Crippen LogP contribution in [0.25, 0.3) is 0 Å². The number of esters is 1. The van der Waals surface area contributed by atoms with Crippen molar-refractivity contribution in [3.8, 4) is 0 Å². The lowest BCUT2D eigenvalue weighted by Gasteiger charge is -2.24. The molecule has 20 heavy (non-hydrogen) atoms. The molecule has 5 heteroatoms. The maximum atomic E-state index is 14.1. The summed E-state index contributed by atoms with van der Waals surface area (Å²) in [6, 6.07) is 2.71. The van der Waals surface area contributed by atoms with E-state index in [0.29, 0.717) is 11.6 Å². The molecule has 0 aromatic heterocycles. The smallest absolute Gasteiger partial charge is 0.340 e. The van der Waals surface area contributed by atoms with Gasteiger partial charge in [0.15, 0.2) is 0 Å². The number of rotatable bonds is 2. The van der Waals surface area contributed by atoms with Crippen molar-refractivity contribution in [2.45, 2.75) is 26.2 Å². The van der Waals surface area contributed by atoms with E-state index in [1.807, 2.05) is 4.90 Å². The third-order valence-corrected chi connectivity index (χ3v) is 3.88. The van der Waals surface area contributed by atoms with Crippen molar-refractivity contribution in [2.75, 3.05) is 30.8 Å². The molecule has 0 radical (unpaired) electrons. The highest BCUT2D eigenvalue weighted by molar-refractivity contribution is 5.96. The molecule has 1 aromatic rings. The van der Waals surface area contributed by atoms with Crippen LogP contribution in [-0.2, 0) is 4.74 Å². The van der Waals surface area contributed by atoms with Gasteiger partial charge < -0.3 is 15.4 Å². The minimum absolute atomic E-state index is 0.112. The molecule has 2 N–H and O–H groups in total. The number of ether oxygens (including phenoxy) is 1. The summed E-state index contributed by atoms with van der Waals surface area (Å²) in [5.41, 5.74) is 6.46. The zero-order valence-electron chi connectivity index (χ0n) is 12.0. The zero-order valence-corrected chi connectivity index (χ0v) is 12.0. The fourth-order valence-electron chi connectivity index (χ4n) is 2.61. The standard InChI is InChI=1S/C15H21FN2O2/c1-10-4-3-6-18(7-5-10)14-8-11(15(19)20-2)13(17)9-12(14)16/h8-10H,3-7,17H2,1-2H3. The van der Waals surface area contributed by atoms with Gasteiger partial charge in [-0.05, 0) is 37.3 Å². The Morgan fingerprint density at radius 1 is 1.40 bits per heavy atom. The lowest BCUT2D eigenvalue weighted by molar-refractivity contribution is 0.0602. The lowest BCUT2D eigenvalue weighted by atomic mass is 10.0. The Morgan fingerprint density at radius 3 is 2.85 bits per heavy atom. The average Bonchev–Trinajstić information content (AvgIpc) is 2.63. The first-order chi connectivity index (χ1) is 9.52. The molecular weight excluding hydrogens is 259 g/mol. The molecule has 2 rings (SSSR count). The molecule has 1 aliphatic heterocycles. The van der Waals surface area contributed by atoms with Crippen LogP contribution in [0.2, 0.25) is 0 Å². The molecule has 110 valence electrons. The van der Waals surface area contributed by atoms with E-state index in [4.69, 9.17) is 5.73 Å². The summed E-state index contributed by atoms with van der Waals surface area (Å²) in [6.45, 7) is 3.80. The molecule has 1 saturated heterocycles. The quantitative estimate of drug-likeness (QED) is 0.668. The molecule has 1 aliphatic rings. The Labute approximate surface area is 118 Å². The number of hydrogen-bond acceptors (Lipinski definition) is 4. The lowest BCUT2D eigenvalue weighted by Crippen LogP contribution is -2.25. The number of nitrogens with zero attached hydrogens (tertiary/aromatic N) is 1. The molecule has 0 saturated carbocycles. The molecule has 0 spiro atoms. The summed E-state index contributed by atoms with van der Waals surface area (Å²) in [4.78, 5) is 13.6. The molecule has 1 heterocycles. The Kier molecular flexibility index (Phi) is 4.47. The van der Waals surface area contributed by atoms with Gasteiger partial charge in [-0.15, -0.1) is 0 Å². The second kappa shape index (κ2) is 6.11. The first-order valence-electron chi connectivity index (χ1n) is 6.95. The van der Waals surface area contributed by atoms with Gasteiger partial charge in [-0.3, -0.25) is 0 Å². The highest BCUT2D eigenvalue weighted by Crippen LogP contribution is 2.29. The summed E-state index contributed by atoms with van der Waals surface area (Å²) < 4.78 is 18.8. The summed E-state index contributed by atoms with van der Waals surface area (Å²) >= 11 is 0. The van der Waals surface area contributed by atoms with Crippen LogP contribution in [0.5, 0.6) is 0 Å². The fraction of sp³-hybridized carbons (Fsp3) is 0.533. The molecule has 4 nitrogen and oxygen atoms in total. The van der Waals surface area contributed by atoms with E-state index in [-0.39, 0.29) is 17.1 Å². The Hall–Kier alpha value is -1.78. The number of benzene rings is 1. The van der Waals surface area contributed by atoms with E-state index < -0.39 is 5.97 Å². The third kappa shape index (κ3) is 3.03. The maximum absolute atomic E-state index is 14.1. The van der Waals surface area contributed by atoms with Gasteiger partial charge in [0.1, 0.15) is 5.82 Å². The van der Waals surface area contributed by atoms with Gasteiger partial charge in [0, 0.05) is 18.8 Å². The SMILES string of the molecule is COC(=O)c1cc(N2CCCC(C)CC2)c(F)cc1N. The van der Waals surface area contributed by atoms with Gasteiger partial charge in [-0.25, -0.2) is 9.18 Å². The van der Waals surface area contributed by atoms with Crippen molar-refractivity contribution < 1.29 is 13.9 Å². The van der Waals surface area contributed by atoms with Crippen molar-refractivity contribution in [3.05, 3.63) is 23.5 Å². The Bertz CT molecular complexity index is 505. The minimum atomic E-state index is -0.535. The van der Waals surface area contributed by atoms with Crippen molar-refractivity contribution in [1.82, 2.24) is 0 Å². The van der Waals surface area contributed by atoms with E-state index in [9.17, 15) is 9.18 Å². The number of carbonyl (C=O) groups excluding carboxylic acids is 1. The van der Waals surface area contributed by atoms with Crippen LogP contribution < -0.4 is 10.6 Å².